The number of rotatable bonds is 5. The fourth-order valence-electron chi connectivity index (χ4n) is 2.44. The molecule has 25 heavy (non-hydrogen) atoms. The van der Waals surface area contributed by atoms with E-state index >= 15 is 0 Å². The number of hydrogen-bond acceptors (Lipinski definition) is 4. The van der Waals surface area contributed by atoms with Gasteiger partial charge in [-0.05, 0) is 57.9 Å². The lowest BCUT2D eigenvalue weighted by Gasteiger charge is -2.13. The van der Waals surface area contributed by atoms with Crippen molar-refractivity contribution in [1.82, 2.24) is 15.1 Å². The molecule has 1 fully saturated rings. The first-order valence-electron chi connectivity index (χ1n) is 8.20. The average molecular weight is 362 g/mol. The Morgan fingerprint density at radius 3 is 2.44 bits per heavy atom. The van der Waals surface area contributed by atoms with Gasteiger partial charge in [0.2, 0.25) is 0 Å². The number of hydrogen-bond donors (Lipinski definition) is 1. The van der Waals surface area contributed by atoms with Crippen LogP contribution < -0.4 is 5.32 Å². The van der Waals surface area contributed by atoms with E-state index in [4.69, 9.17) is 16.3 Å². The summed E-state index contributed by atoms with van der Waals surface area (Å²) in [7, 11) is 0. The molecule has 0 radical (unpaired) electrons. The number of nitrogens with one attached hydrogen (secondary N) is 1. The van der Waals surface area contributed by atoms with Crippen molar-refractivity contribution in [2.45, 2.75) is 45.8 Å². The molecule has 1 aromatic heterocycles. The molecule has 1 unspecified atom stereocenters. The molecule has 1 aliphatic rings. The van der Waals surface area contributed by atoms with Crippen LogP contribution in [0.15, 0.2) is 24.3 Å². The first kappa shape index (κ1) is 17.5. The summed E-state index contributed by atoms with van der Waals surface area (Å²) in [5, 5.41) is 7.81. The SMILES string of the molecule is Cc1nn(-c2ccc(C(=O)OC(C)C(=O)NC3CC3)cc2)c(C)c1Cl. The molecule has 1 N–H and O–H groups in total. The van der Waals surface area contributed by atoms with Crippen LogP contribution in [0.3, 0.4) is 0 Å². The van der Waals surface area contributed by atoms with Crippen LogP contribution in [0.2, 0.25) is 5.02 Å². The van der Waals surface area contributed by atoms with Gasteiger partial charge in [0, 0.05) is 6.04 Å². The van der Waals surface area contributed by atoms with Crippen LogP contribution in [0.25, 0.3) is 5.69 Å². The normalized spacial score (nSPS) is 14.9. The molecule has 1 saturated carbocycles. The lowest BCUT2D eigenvalue weighted by molar-refractivity contribution is -0.129. The first-order valence-corrected chi connectivity index (χ1v) is 8.58. The highest BCUT2D eigenvalue weighted by atomic mass is 35.5. The smallest absolute Gasteiger partial charge is 0.338 e. The van der Waals surface area contributed by atoms with Crippen molar-refractivity contribution in [2.24, 2.45) is 0 Å². The summed E-state index contributed by atoms with van der Waals surface area (Å²) in [5.41, 5.74) is 2.75. The van der Waals surface area contributed by atoms with Gasteiger partial charge in [-0.2, -0.15) is 5.10 Å². The third kappa shape index (κ3) is 3.85. The van der Waals surface area contributed by atoms with Crippen molar-refractivity contribution in [3.8, 4) is 5.69 Å². The second-order valence-electron chi connectivity index (χ2n) is 6.27. The maximum Gasteiger partial charge on any atom is 0.338 e. The van der Waals surface area contributed by atoms with Gasteiger partial charge in [-0.15, -0.1) is 0 Å². The lowest BCUT2D eigenvalue weighted by Crippen LogP contribution is -2.37. The first-order chi connectivity index (χ1) is 11.9. The third-order valence-corrected chi connectivity index (χ3v) is 4.67. The fourth-order valence-corrected chi connectivity index (χ4v) is 2.56. The van der Waals surface area contributed by atoms with Crippen LogP contribution in [-0.2, 0) is 9.53 Å². The Hall–Kier alpha value is -2.34. The minimum Gasteiger partial charge on any atom is -0.449 e. The van der Waals surface area contributed by atoms with Crippen LogP contribution in [0.1, 0.15) is 41.5 Å². The molecule has 6 nitrogen and oxygen atoms in total. The van der Waals surface area contributed by atoms with Gasteiger partial charge in [0.1, 0.15) is 0 Å². The summed E-state index contributed by atoms with van der Waals surface area (Å²) < 4.78 is 6.95. The predicted molar refractivity (Wildman–Crippen MR) is 94.1 cm³/mol. The number of carbonyl (C=O) groups excluding carboxylic acids is 2. The van der Waals surface area contributed by atoms with Crippen molar-refractivity contribution in [3.63, 3.8) is 0 Å². The number of amides is 1. The van der Waals surface area contributed by atoms with Crippen LogP contribution in [0, 0.1) is 13.8 Å². The summed E-state index contributed by atoms with van der Waals surface area (Å²) >= 11 is 6.16. The Kier molecular flexibility index (Phi) is 4.81. The fraction of sp³-hybridized carbons (Fsp3) is 0.389. The van der Waals surface area contributed by atoms with E-state index in [0.717, 1.165) is 29.9 Å². The molecule has 132 valence electrons. The summed E-state index contributed by atoms with van der Waals surface area (Å²) in [6, 6.07) is 7.06. The van der Waals surface area contributed by atoms with E-state index in [2.05, 4.69) is 10.4 Å². The van der Waals surface area contributed by atoms with Crippen LogP contribution in [0.5, 0.6) is 0 Å². The van der Waals surface area contributed by atoms with Crippen LogP contribution >= 0.6 is 11.6 Å². The Labute approximate surface area is 151 Å². The van der Waals surface area contributed by atoms with Gasteiger partial charge in [0.25, 0.3) is 5.91 Å². The molecule has 1 atom stereocenters. The maximum absolute atomic E-state index is 12.2. The number of aromatic nitrogens is 2. The minimum atomic E-state index is -0.817. The van der Waals surface area contributed by atoms with Crippen molar-refractivity contribution in [3.05, 3.63) is 46.2 Å². The third-order valence-electron chi connectivity index (χ3n) is 4.13. The molecule has 1 aromatic carbocycles. The summed E-state index contributed by atoms with van der Waals surface area (Å²) in [4.78, 5) is 24.0. The van der Waals surface area contributed by atoms with E-state index in [1.54, 1.807) is 35.9 Å². The largest absolute Gasteiger partial charge is 0.449 e. The number of benzene rings is 1. The second kappa shape index (κ2) is 6.88. The topological polar surface area (TPSA) is 73.2 Å². The van der Waals surface area contributed by atoms with Gasteiger partial charge in [-0.25, -0.2) is 9.48 Å². The molecule has 1 aliphatic carbocycles. The monoisotopic (exact) mass is 361 g/mol. The van der Waals surface area contributed by atoms with Crippen molar-refractivity contribution < 1.29 is 14.3 Å². The molecular weight excluding hydrogens is 342 g/mol. The van der Waals surface area contributed by atoms with Crippen molar-refractivity contribution in [1.29, 1.82) is 0 Å². The van der Waals surface area contributed by atoms with Crippen LogP contribution in [-0.4, -0.2) is 33.8 Å². The molecule has 7 heteroatoms. The zero-order valence-electron chi connectivity index (χ0n) is 14.4. The van der Waals surface area contributed by atoms with E-state index in [0.29, 0.717) is 10.6 Å². The van der Waals surface area contributed by atoms with Gasteiger partial charge in [0.05, 0.1) is 27.7 Å². The van der Waals surface area contributed by atoms with Crippen LogP contribution in [0.4, 0.5) is 0 Å². The highest BCUT2D eigenvalue weighted by Crippen LogP contribution is 2.23. The molecule has 0 bridgehead atoms. The van der Waals surface area contributed by atoms with E-state index in [1.807, 2.05) is 13.8 Å². The number of carbonyl (C=O) groups is 2. The summed E-state index contributed by atoms with van der Waals surface area (Å²) in [5.74, 6) is -0.791. The highest BCUT2D eigenvalue weighted by Gasteiger charge is 2.27. The lowest BCUT2D eigenvalue weighted by atomic mass is 10.2. The summed E-state index contributed by atoms with van der Waals surface area (Å²) in [6.07, 6.45) is 1.16. The van der Waals surface area contributed by atoms with E-state index in [9.17, 15) is 9.59 Å². The zero-order valence-corrected chi connectivity index (χ0v) is 15.1. The molecule has 0 saturated heterocycles. The zero-order chi connectivity index (χ0) is 18.1. The van der Waals surface area contributed by atoms with Gasteiger partial charge >= 0.3 is 5.97 Å². The standard InChI is InChI=1S/C18H20ClN3O3/c1-10-16(19)11(2)22(21-10)15-8-4-13(5-9-15)18(24)25-12(3)17(23)20-14-6-7-14/h4-5,8-9,12,14H,6-7H2,1-3H3,(H,20,23). The van der Waals surface area contributed by atoms with E-state index in [1.165, 1.54) is 0 Å². The Bertz CT molecular complexity index is 810. The molecule has 0 spiro atoms. The quantitative estimate of drug-likeness (QED) is 0.831. The number of halogens is 1. The van der Waals surface area contributed by atoms with E-state index < -0.39 is 12.1 Å². The van der Waals surface area contributed by atoms with E-state index in [-0.39, 0.29) is 11.9 Å². The van der Waals surface area contributed by atoms with Gasteiger partial charge in [-0.3, -0.25) is 4.79 Å². The number of aryl methyl sites for hydroxylation is 1. The molecule has 1 heterocycles. The number of nitrogens with zero attached hydrogens (tertiary/aromatic N) is 2. The van der Waals surface area contributed by atoms with Crippen molar-refractivity contribution >= 4 is 23.5 Å². The molecule has 2 aromatic rings. The Balaban J connectivity index is 1.67. The molecule has 3 rings (SSSR count). The number of ether oxygens (including phenoxy) is 1. The number of esters is 1. The second-order valence-corrected chi connectivity index (χ2v) is 6.65. The maximum atomic E-state index is 12.2. The minimum absolute atomic E-state index is 0.237. The molecular formula is C18H20ClN3O3. The molecule has 1 amide bonds. The Morgan fingerprint density at radius 2 is 1.92 bits per heavy atom. The average Bonchev–Trinajstić information content (AvgIpc) is 3.37. The summed E-state index contributed by atoms with van der Waals surface area (Å²) in [6.45, 7) is 5.29. The van der Waals surface area contributed by atoms with Gasteiger partial charge in [0.15, 0.2) is 6.10 Å². The van der Waals surface area contributed by atoms with Gasteiger partial charge in [-0.1, -0.05) is 11.6 Å². The predicted octanol–water partition coefficient (Wildman–Crippen LogP) is 2.97. The Morgan fingerprint density at radius 1 is 1.28 bits per heavy atom. The highest BCUT2D eigenvalue weighted by molar-refractivity contribution is 6.31. The van der Waals surface area contributed by atoms with Gasteiger partial charge < -0.3 is 10.1 Å². The van der Waals surface area contributed by atoms with Crippen molar-refractivity contribution in [2.75, 3.05) is 0 Å². The molecule has 0 aliphatic heterocycles.